The first-order valence-corrected chi connectivity index (χ1v) is 7.38. The van der Waals surface area contributed by atoms with Gasteiger partial charge in [0.05, 0.1) is 5.56 Å². The number of hydrogen-bond acceptors (Lipinski definition) is 3. The minimum Gasteiger partial charge on any atom is -0.450 e. The van der Waals surface area contributed by atoms with E-state index in [9.17, 15) is 9.59 Å². The Hall–Kier alpha value is -2.10. The Morgan fingerprint density at radius 1 is 1.33 bits per heavy atom. The zero-order chi connectivity index (χ0) is 14.9. The summed E-state index contributed by atoms with van der Waals surface area (Å²) >= 11 is 0. The van der Waals surface area contributed by atoms with E-state index in [0.29, 0.717) is 44.3 Å². The predicted molar refractivity (Wildman–Crippen MR) is 78.8 cm³/mol. The summed E-state index contributed by atoms with van der Waals surface area (Å²) in [5.74, 6) is -0.0839. The zero-order valence-corrected chi connectivity index (χ0v) is 12.0. The van der Waals surface area contributed by atoms with Crippen molar-refractivity contribution >= 4 is 11.9 Å². The number of carbonyl (C=O) groups is 2. The summed E-state index contributed by atoms with van der Waals surface area (Å²) < 4.78 is 5.68. The summed E-state index contributed by atoms with van der Waals surface area (Å²) in [6, 6.07) is 7.57. The van der Waals surface area contributed by atoms with E-state index in [1.807, 2.05) is 29.2 Å². The molecular weight excluding hydrogens is 266 g/mol. The molecule has 1 fully saturated rings. The van der Waals surface area contributed by atoms with Crippen molar-refractivity contribution in [3.05, 3.63) is 48.0 Å². The number of amides is 1. The number of hydrogen-bond donors (Lipinski definition) is 0. The van der Waals surface area contributed by atoms with Crippen molar-refractivity contribution in [1.29, 1.82) is 0 Å². The van der Waals surface area contributed by atoms with E-state index < -0.39 is 5.60 Å². The fraction of sp³-hybridized carbons (Fsp3) is 0.412. The molecule has 1 spiro atoms. The van der Waals surface area contributed by atoms with Gasteiger partial charge in [0.25, 0.3) is 0 Å². The molecule has 0 aromatic heterocycles. The van der Waals surface area contributed by atoms with Crippen LogP contribution in [0.5, 0.6) is 0 Å². The molecule has 0 saturated carbocycles. The summed E-state index contributed by atoms with van der Waals surface area (Å²) in [4.78, 5) is 25.9. The van der Waals surface area contributed by atoms with E-state index >= 15 is 0 Å². The van der Waals surface area contributed by atoms with Crippen LogP contribution in [0.1, 0.15) is 41.6 Å². The van der Waals surface area contributed by atoms with Crippen LogP contribution in [0.2, 0.25) is 0 Å². The van der Waals surface area contributed by atoms with Crippen LogP contribution in [-0.2, 0) is 15.1 Å². The van der Waals surface area contributed by atoms with Crippen molar-refractivity contribution in [2.45, 2.75) is 31.3 Å². The van der Waals surface area contributed by atoms with E-state index in [-0.39, 0.29) is 11.9 Å². The molecule has 1 aromatic carbocycles. The average Bonchev–Trinajstić information content (AvgIpc) is 2.79. The maximum absolute atomic E-state index is 12.0. The van der Waals surface area contributed by atoms with Gasteiger partial charge in [0.1, 0.15) is 5.60 Å². The standard InChI is InChI=1S/C17H19NO3/c1-2-3-8-15(19)18-11-9-17(10-12-18)14-7-5-4-6-13(14)16(20)21-17/h2,4-7H,1,3,8-12H2. The zero-order valence-electron chi connectivity index (χ0n) is 12.0. The van der Waals surface area contributed by atoms with E-state index in [1.165, 1.54) is 0 Å². The summed E-state index contributed by atoms with van der Waals surface area (Å²) in [6.07, 6.45) is 4.33. The Morgan fingerprint density at radius 2 is 2.05 bits per heavy atom. The summed E-state index contributed by atoms with van der Waals surface area (Å²) in [5.41, 5.74) is 1.13. The lowest BCUT2D eigenvalue weighted by Crippen LogP contribution is -2.45. The predicted octanol–water partition coefficient (Wildman–Crippen LogP) is 2.64. The molecule has 0 bridgehead atoms. The lowest BCUT2D eigenvalue weighted by Gasteiger charge is -2.38. The molecule has 1 saturated heterocycles. The van der Waals surface area contributed by atoms with Crippen molar-refractivity contribution in [1.82, 2.24) is 4.90 Å². The van der Waals surface area contributed by atoms with Crippen LogP contribution in [0.15, 0.2) is 36.9 Å². The van der Waals surface area contributed by atoms with E-state index in [2.05, 4.69) is 6.58 Å². The second kappa shape index (κ2) is 5.35. The number of fused-ring (bicyclic) bond motifs is 2. The van der Waals surface area contributed by atoms with Crippen molar-refractivity contribution < 1.29 is 14.3 Å². The third-order valence-corrected chi connectivity index (χ3v) is 4.41. The first-order valence-electron chi connectivity index (χ1n) is 7.38. The molecule has 2 aliphatic heterocycles. The van der Waals surface area contributed by atoms with Crippen LogP contribution in [-0.4, -0.2) is 29.9 Å². The van der Waals surface area contributed by atoms with E-state index in [0.717, 1.165) is 5.56 Å². The number of esters is 1. The minimum absolute atomic E-state index is 0.155. The van der Waals surface area contributed by atoms with Crippen LogP contribution >= 0.6 is 0 Å². The van der Waals surface area contributed by atoms with Crippen molar-refractivity contribution in [3.63, 3.8) is 0 Å². The van der Waals surface area contributed by atoms with Crippen molar-refractivity contribution in [2.75, 3.05) is 13.1 Å². The van der Waals surface area contributed by atoms with E-state index in [1.54, 1.807) is 6.08 Å². The van der Waals surface area contributed by atoms with Crippen LogP contribution in [0, 0.1) is 0 Å². The lowest BCUT2D eigenvalue weighted by molar-refractivity contribution is -0.135. The molecule has 0 unspecified atom stereocenters. The van der Waals surface area contributed by atoms with Crippen LogP contribution < -0.4 is 0 Å². The topological polar surface area (TPSA) is 46.6 Å². The third-order valence-electron chi connectivity index (χ3n) is 4.41. The average molecular weight is 285 g/mol. The van der Waals surface area contributed by atoms with Gasteiger partial charge in [-0.2, -0.15) is 0 Å². The number of nitrogens with zero attached hydrogens (tertiary/aromatic N) is 1. The molecule has 0 atom stereocenters. The second-order valence-electron chi connectivity index (χ2n) is 5.64. The van der Waals surface area contributed by atoms with E-state index in [4.69, 9.17) is 4.74 Å². The quantitative estimate of drug-likeness (QED) is 0.633. The molecule has 21 heavy (non-hydrogen) atoms. The number of benzene rings is 1. The van der Waals surface area contributed by atoms with Gasteiger partial charge in [-0.1, -0.05) is 24.3 Å². The number of likely N-dealkylation sites (tertiary alicyclic amines) is 1. The molecule has 4 nitrogen and oxygen atoms in total. The monoisotopic (exact) mass is 285 g/mol. The van der Waals surface area contributed by atoms with Gasteiger partial charge < -0.3 is 9.64 Å². The maximum Gasteiger partial charge on any atom is 0.339 e. The van der Waals surface area contributed by atoms with Gasteiger partial charge in [-0.3, -0.25) is 4.79 Å². The number of rotatable bonds is 3. The van der Waals surface area contributed by atoms with Crippen LogP contribution in [0.3, 0.4) is 0 Å². The normalized spacial score (nSPS) is 19.2. The largest absolute Gasteiger partial charge is 0.450 e. The number of carbonyl (C=O) groups excluding carboxylic acids is 2. The Balaban J connectivity index is 1.73. The van der Waals surface area contributed by atoms with Gasteiger partial charge in [0.15, 0.2) is 0 Å². The number of allylic oxidation sites excluding steroid dienone is 1. The number of piperidine rings is 1. The molecule has 3 rings (SSSR count). The molecule has 0 N–H and O–H groups in total. The Kier molecular flexibility index (Phi) is 3.53. The van der Waals surface area contributed by atoms with Gasteiger partial charge in [0, 0.05) is 37.9 Å². The SMILES string of the molecule is C=CCCC(=O)N1CCC2(CC1)OC(=O)c1ccccc12. The van der Waals surface area contributed by atoms with Gasteiger partial charge in [0.2, 0.25) is 5.91 Å². The molecule has 0 radical (unpaired) electrons. The van der Waals surface area contributed by atoms with Gasteiger partial charge in [-0.25, -0.2) is 4.79 Å². The highest BCUT2D eigenvalue weighted by Gasteiger charge is 2.47. The molecule has 4 heteroatoms. The van der Waals surface area contributed by atoms with Gasteiger partial charge >= 0.3 is 5.97 Å². The lowest BCUT2D eigenvalue weighted by atomic mass is 9.83. The molecule has 2 heterocycles. The van der Waals surface area contributed by atoms with Gasteiger partial charge in [-0.05, 0) is 12.5 Å². The Morgan fingerprint density at radius 3 is 2.76 bits per heavy atom. The maximum atomic E-state index is 12.0. The molecule has 1 amide bonds. The summed E-state index contributed by atoms with van der Waals surface area (Å²) in [6.45, 7) is 4.91. The second-order valence-corrected chi connectivity index (χ2v) is 5.64. The Labute approximate surface area is 124 Å². The van der Waals surface area contributed by atoms with Crippen LogP contribution in [0.4, 0.5) is 0 Å². The first-order chi connectivity index (χ1) is 10.2. The fourth-order valence-electron chi connectivity index (χ4n) is 3.22. The first kappa shape index (κ1) is 13.9. The molecular formula is C17H19NO3. The fourth-order valence-corrected chi connectivity index (χ4v) is 3.22. The molecule has 110 valence electrons. The molecule has 0 aliphatic carbocycles. The van der Waals surface area contributed by atoms with Crippen molar-refractivity contribution in [3.8, 4) is 0 Å². The highest BCUT2D eigenvalue weighted by Crippen LogP contribution is 2.43. The van der Waals surface area contributed by atoms with Gasteiger partial charge in [-0.15, -0.1) is 6.58 Å². The molecule has 1 aromatic rings. The highest BCUT2D eigenvalue weighted by atomic mass is 16.6. The number of ether oxygens (including phenoxy) is 1. The van der Waals surface area contributed by atoms with Crippen LogP contribution in [0.25, 0.3) is 0 Å². The third kappa shape index (κ3) is 2.35. The van der Waals surface area contributed by atoms with Crippen molar-refractivity contribution in [2.24, 2.45) is 0 Å². The molecule has 2 aliphatic rings. The summed E-state index contributed by atoms with van der Waals surface area (Å²) in [7, 11) is 0. The smallest absolute Gasteiger partial charge is 0.339 e. The summed E-state index contributed by atoms with van der Waals surface area (Å²) in [5, 5.41) is 0. The Bertz CT molecular complexity index is 585. The minimum atomic E-state index is -0.525. The highest BCUT2D eigenvalue weighted by molar-refractivity contribution is 5.94.